The van der Waals surface area contributed by atoms with Crippen molar-refractivity contribution in [1.29, 1.82) is 0 Å². The van der Waals surface area contributed by atoms with Crippen molar-refractivity contribution >= 4 is 6.08 Å². The van der Waals surface area contributed by atoms with Crippen LogP contribution in [0.3, 0.4) is 0 Å². The summed E-state index contributed by atoms with van der Waals surface area (Å²) in [4.78, 5) is 2.07. The van der Waals surface area contributed by atoms with Crippen molar-refractivity contribution < 1.29 is 14.9 Å². The highest BCUT2D eigenvalue weighted by molar-refractivity contribution is 5.57. The standard InChI is InChI=1S/C16H25NO3/c1-16(12-18,13-19)11-17(2)10-6-8-14-7-4-5-9-15(14)20-3/h4-9,18-19H,10-13H2,1-3H3/b8-6+. The largest absolute Gasteiger partial charge is 0.496 e. The summed E-state index contributed by atoms with van der Waals surface area (Å²) in [5.74, 6) is 0.849. The number of aliphatic hydroxyl groups is 2. The summed E-state index contributed by atoms with van der Waals surface area (Å²) in [6.07, 6.45) is 4.07. The van der Waals surface area contributed by atoms with Crippen molar-refractivity contribution in [3.8, 4) is 5.75 Å². The summed E-state index contributed by atoms with van der Waals surface area (Å²) < 4.78 is 5.29. The second-order valence-electron chi connectivity index (χ2n) is 5.47. The Morgan fingerprint density at radius 2 is 1.90 bits per heavy atom. The van der Waals surface area contributed by atoms with E-state index in [-0.39, 0.29) is 13.2 Å². The van der Waals surface area contributed by atoms with Crippen LogP contribution in [0, 0.1) is 5.41 Å². The summed E-state index contributed by atoms with van der Waals surface area (Å²) in [6, 6.07) is 7.84. The van der Waals surface area contributed by atoms with Gasteiger partial charge >= 0.3 is 0 Å². The molecule has 20 heavy (non-hydrogen) atoms. The second kappa shape index (κ2) is 8.04. The van der Waals surface area contributed by atoms with Crippen LogP contribution in [0.25, 0.3) is 6.08 Å². The lowest BCUT2D eigenvalue weighted by molar-refractivity contribution is 0.0447. The number of benzene rings is 1. The number of methoxy groups -OCH3 is 1. The Morgan fingerprint density at radius 3 is 2.50 bits per heavy atom. The average molecular weight is 279 g/mol. The summed E-state index contributed by atoms with van der Waals surface area (Å²) in [6.45, 7) is 3.20. The Balaban J connectivity index is 2.56. The van der Waals surface area contributed by atoms with Crippen molar-refractivity contribution in [2.45, 2.75) is 6.92 Å². The fourth-order valence-corrected chi connectivity index (χ4v) is 2.03. The van der Waals surface area contributed by atoms with E-state index in [2.05, 4.69) is 4.90 Å². The van der Waals surface area contributed by atoms with Crippen LogP contribution in [-0.4, -0.2) is 55.6 Å². The molecule has 0 amide bonds. The Kier molecular flexibility index (Phi) is 6.71. The maximum atomic E-state index is 9.28. The average Bonchev–Trinajstić information content (AvgIpc) is 2.47. The van der Waals surface area contributed by atoms with Gasteiger partial charge in [-0.1, -0.05) is 37.3 Å². The molecule has 0 aliphatic rings. The zero-order valence-corrected chi connectivity index (χ0v) is 12.5. The summed E-state index contributed by atoms with van der Waals surface area (Å²) >= 11 is 0. The van der Waals surface area contributed by atoms with E-state index < -0.39 is 5.41 Å². The van der Waals surface area contributed by atoms with E-state index in [0.29, 0.717) is 6.54 Å². The van der Waals surface area contributed by atoms with Gasteiger partial charge in [-0.15, -0.1) is 0 Å². The molecular weight excluding hydrogens is 254 g/mol. The minimum atomic E-state index is -0.465. The van der Waals surface area contributed by atoms with E-state index >= 15 is 0 Å². The van der Waals surface area contributed by atoms with Crippen molar-refractivity contribution in [1.82, 2.24) is 4.90 Å². The highest BCUT2D eigenvalue weighted by Gasteiger charge is 2.23. The van der Waals surface area contributed by atoms with Gasteiger partial charge in [0.15, 0.2) is 0 Å². The van der Waals surface area contributed by atoms with E-state index in [1.165, 1.54) is 0 Å². The third-order valence-corrected chi connectivity index (χ3v) is 3.27. The van der Waals surface area contributed by atoms with E-state index in [1.54, 1.807) is 7.11 Å². The van der Waals surface area contributed by atoms with Crippen LogP contribution in [0.15, 0.2) is 30.3 Å². The molecule has 112 valence electrons. The van der Waals surface area contributed by atoms with Gasteiger partial charge in [-0.05, 0) is 13.1 Å². The van der Waals surface area contributed by atoms with E-state index in [1.807, 2.05) is 50.4 Å². The first-order chi connectivity index (χ1) is 9.54. The Hall–Kier alpha value is -1.36. The Morgan fingerprint density at radius 1 is 1.25 bits per heavy atom. The smallest absolute Gasteiger partial charge is 0.126 e. The van der Waals surface area contributed by atoms with Crippen molar-refractivity contribution in [2.24, 2.45) is 5.41 Å². The quantitative estimate of drug-likeness (QED) is 0.759. The van der Waals surface area contributed by atoms with Crippen molar-refractivity contribution in [3.63, 3.8) is 0 Å². The first-order valence-electron chi connectivity index (χ1n) is 6.74. The van der Waals surface area contributed by atoms with Crippen molar-refractivity contribution in [3.05, 3.63) is 35.9 Å². The third-order valence-electron chi connectivity index (χ3n) is 3.27. The summed E-state index contributed by atoms with van der Waals surface area (Å²) in [5, 5.41) is 18.6. The molecule has 1 rings (SSSR count). The van der Waals surface area contributed by atoms with Gasteiger partial charge in [-0.25, -0.2) is 0 Å². The second-order valence-corrected chi connectivity index (χ2v) is 5.47. The maximum absolute atomic E-state index is 9.28. The van der Waals surface area contributed by atoms with Crippen LogP contribution in [0.5, 0.6) is 5.75 Å². The maximum Gasteiger partial charge on any atom is 0.126 e. The number of ether oxygens (including phenoxy) is 1. The normalized spacial score (nSPS) is 12.3. The third kappa shape index (κ3) is 4.96. The van der Waals surface area contributed by atoms with Crippen LogP contribution in [-0.2, 0) is 0 Å². The molecule has 2 N–H and O–H groups in total. The summed E-state index contributed by atoms with van der Waals surface area (Å²) in [5.41, 5.74) is 0.572. The van der Waals surface area contributed by atoms with E-state index in [0.717, 1.165) is 17.9 Å². The predicted octanol–water partition coefficient (Wildman–Crippen LogP) is 1.63. The molecule has 0 saturated carbocycles. The van der Waals surface area contributed by atoms with Gasteiger partial charge < -0.3 is 19.8 Å². The molecule has 0 aliphatic heterocycles. The molecule has 1 aromatic carbocycles. The van der Waals surface area contributed by atoms with Crippen molar-refractivity contribution in [2.75, 3.05) is 40.5 Å². The number of nitrogens with zero attached hydrogens (tertiary/aromatic N) is 1. The van der Waals surface area contributed by atoms with Gasteiger partial charge in [0.2, 0.25) is 0 Å². The molecule has 0 aromatic heterocycles. The minimum absolute atomic E-state index is 0.0237. The molecule has 0 aliphatic carbocycles. The number of rotatable bonds is 8. The SMILES string of the molecule is COc1ccccc1/C=C/CN(C)CC(C)(CO)CO. The van der Waals surface area contributed by atoms with Gasteiger partial charge in [0.25, 0.3) is 0 Å². The van der Waals surface area contributed by atoms with Gasteiger partial charge in [0, 0.05) is 24.1 Å². The molecule has 0 spiro atoms. The first-order valence-corrected chi connectivity index (χ1v) is 6.74. The number of hydrogen-bond acceptors (Lipinski definition) is 4. The monoisotopic (exact) mass is 279 g/mol. The van der Waals surface area contributed by atoms with Crippen LogP contribution < -0.4 is 4.74 Å². The van der Waals surface area contributed by atoms with Gasteiger partial charge in [0.1, 0.15) is 5.75 Å². The molecule has 4 heteroatoms. The molecule has 0 bridgehead atoms. The number of hydrogen-bond donors (Lipinski definition) is 2. The molecule has 0 saturated heterocycles. The molecule has 1 aromatic rings. The first kappa shape index (κ1) is 16.7. The Bertz CT molecular complexity index is 427. The molecule has 0 radical (unpaired) electrons. The molecule has 0 heterocycles. The van der Waals surface area contributed by atoms with E-state index in [4.69, 9.17) is 4.74 Å². The number of likely N-dealkylation sites (N-methyl/N-ethyl adjacent to an activating group) is 1. The molecule has 0 fully saturated rings. The molecule has 4 nitrogen and oxygen atoms in total. The topological polar surface area (TPSA) is 52.9 Å². The van der Waals surface area contributed by atoms with Crippen LogP contribution in [0.4, 0.5) is 0 Å². The fraction of sp³-hybridized carbons (Fsp3) is 0.500. The highest BCUT2D eigenvalue weighted by Crippen LogP contribution is 2.19. The molecular formula is C16H25NO3. The zero-order valence-electron chi connectivity index (χ0n) is 12.5. The lowest BCUT2D eigenvalue weighted by Crippen LogP contribution is -2.39. The van der Waals surface area contributed by atoms with Crippen LogP contribution in [0.2, 0.25) is 0 Å². The number of aliphatic hydroxyl groups excluding tert-OH is 2. The molecule has 0 unspecified atom stereocenters. The zero-order chi connectivity index (χ0) is 15.0. The number of para-hydroxylation sites is 1. The van der Waals surface area contributed by atoms with Crippen LogP contribution >= 0.6 is 0 Å². The Labute approximate surface area is 121 Å². The lowest BCUT2D eigenvalue weighted by atomic mass is 9.92. The minimum Gasteiger partial charge on any atom is -0.496 e. The predicted molar refractivity (Wildman–Crippen MR) is 81.8 cm³/mol. The molecule has 0 atom stereocenters. The van der Waals surface area contributed by atoms with Gasteiger partial charge in [-0.2, -0.15) is 0 Å². The highest BCUT2D eigenvalue weighted by atomic mass is 16.5. The lowest BCUT2D eigenvalue weighted by Gasteiger charge is -2.29. The fourth-order valence-electron chi connectivity index (χ4n) is 2.03. The van der Waals surface area contributed by atoms with Gasteiger partial charge in [-0.3, -0.25) is 0 Å². The van der Waals surface area contributed by atoms with Gasteiger partial charge in [0.05, 0.1) is 20.3 Å². The summed E-state index contributed by atoms with van der Waals surface area (Å²) in [7, 11) is 3.63. The van der Waals surface area contributed by atoms with Crippen LogP contribution in [0.1, 0.15) is 12.5 Å². The van der Waals surface area contributed by atoms with E-state index in [9.17, 15) is 10.2 Å².